The second kappa shape index (κ2) is 7.00. The van der Waals surface area contributed by atoms with Gasteiger partial charge in [0.05, 0.1) is 5.56 Å². The molecule has 0 spiro atoms. The van der Waals surface area contributed by atoms with Crippen LogP contribution in [0.1, 0.15) is 22.6 Å². The van der Waals surface area contributed by atoms with Gasteiger partial charge in [0.25, 0.3) is 0 Å². The molecular weight excluding hydrogens is 363 g/mol. The Hall–Kier alpha value is -3.34. The monoisotopic (exact) mass is 379 g/mol. The maximum Gasteiger partial charge on any atom is 0.416 e. The van der Waals surface area contributed by atoms with Crippen LogP contribution in [0.3, 0.4) is 0 Å². The third-order valence-electron chi connectivity index (χ3n) is 4.72. The Bertz CT molecular complexity index is 1010. The molecule has 3 aromatic carbocycles. The fourth-order valence-electron chi connectivity index (χ4n) is 3.35. The van der Waals surface area contributed by atoms with Gasteiger partial charge >= 0.3 is 6.18 Å². The Kier molecular flexibility index (Phi) is 4.51. The van der Waals surface area contributed by atoms with E-state index in [1.54, 1.807) is 0 Å². The predicted octanol–water partition coefficient (Wildman–Crippen LogP) is 5.88. The van der Waals surface area contributed by atoms with Crippen LogP contribution in [0.25, 0.3) is 6.08 Å². The first-order chi connectivity index (χ1) is 13.4. The van der Waals surface area contributed by atoms with Crippen LogP contribution in [0.5, 0.6) is 0 Å². The lowest BCUT2D eigenvalue weighted by molar-refractivity contribution is -0.137. The first kappa shape index (κ1) is 18.0. The van der Waals surface area contributed by atoms with Gasteiger partial charge in [-0.05, 0) is 41.5 Å². The number of anilines is 1. The maximum absolute atomic E-state index is 12.9. The molecule has 0 N–H and O–H groups in total. The summed E-state index contributed by atoms with van der Waals surface area (Å²) >= 11 is 0. The summed E-state index contributed by atoms with van der Waals surface area (Å²) in [5.74, 6) is -0.600. The lowest BCUT2D eigenvalue weighted by Crippen LogP contribution is -2.48. The zero-order valence-electron chi connectivity index (χ0n) is 14.7. The van der Waals surface area contributed by atoms with E-state index in [0.29, 0.717) is 5.69 Å². The topological polar surface area (TPSA) is 20.3 Å². The van der Waals surface area contributed by atoms with E-state index in [4.69, 9.17) is 0 Å². The third kappa shape index (κ3) is 3.31. The molecule has 1 unspecified atom stereocenters. The molecule has 0 aromatic heterocycles. The molecule has 140 valence electrons. The summed E-state index contributed by atoms with van der Waals surface area (Å²) in [5.41, 5.74) is 2.20. The van der Waals surface area contributed by atoms with Crippen LogP contribution in [0.15, 0.2) is 90.6 Å². The normalized spacial score (nSPS) is 18.2. The number of hydrogen-bond donors (Lipinski definition) is 0. The summed E-state index contributed by atoms with van der Waals surface area (Å²) < 4.78 is 38.5. The largest absolute Gasteiger partial charge is 0.416 e. The molecule has 1 aliphatic rings. The fourth-order valence-corrected chi connectivity index (χ4v) is 3.35. The Morgan fingerprint density at radius 2 is 1.36 bits per heavy atom. The summed E-state index contributed by atoms with van der Waals surface area (Å²) in [4.78, 5) is 14.4. The van der Waals surface area contributed by atoms with Crippen molar-refractivity contribution < 1.29 is 18.0 Å². The standard InChI is InChI=1S/C23H16F3NO/c24-23(25,26)18-11-13-19(14-12-18)27-20(15-16-7-3-1-4-8-16)21(22(27)28)17-9-5-2-6-10-17/h1-15,21H/b20-15+. The number of halogens is 3. The van der Waals surface area contributed by atoms with Crippen LogP contribution in [0.2, 0.25) is 0 Å². The predicted molar refractivity (Wildman–Crippen MR) is 103 cm³/mol. The van der Waals surface area contributed by atoms with E-state index in [-0.39, 0.29) is 5.91 Å². The average molecular weight is 379 g/mol. The summed E-state index contributed by atoms with van der Waals surface area (Å²) in [7, 11) is 0. The summed E-state index contributed by atoms with van der Waals surface area (Å²) in [6.45, 7) is 0. The van der Waals surface area contributed by atoms with Gasteiger partial charge in [-0.15, -0.1) is 0 Å². The van der Waals surface area contributed by atoms with Crippen LogP contribution in [-0.4, -0.2) is 5.91 Å². The highest BCUT2D eigenvalue weighted by Gasteiger charge is 2.44. The van der Waals surface area contributed by atoms with E-state index in [1.807, 2.05) is 66.7 Å². The average Bonchev–Trinajstić information content (AvgIpc) is 2.69. The van der Waals surface area contributed by atoms with E-state index in [9.17, 15) is 18.0 Å². The number of rotatable bonds is 3. The molecule has 28 heavy (non-hydrogen) atoms. The third-order valence-corrected chi connectivity index (χ3v) is 4.72. The molecule has 1 amide bonds. The minimum absolute atomic E-state index is 0.159. The smallest absolute Gasteiger partial charge is 0.283 e. The molecule has 3 aromatic rings. The van der Waals surface area contributed by atoms with Crippen LogP contribution in [0.4, 0.5) is 18.9 Å². The fraction of sp³-hybridized carbons (Fsp3) is 0.0870. The van der Waals surface area contributed by atoms with Gasteiger partial charge in [0.15, 0.2) is 0 Å². The molecule has 1 aliphatic heterocycles. The number of amides is 1. The molecule has 1 saturated heterocycles. The molecule has 0 radical (unpaired) electrons. The minimum atomic E-state index is -4.41. The molecular formula is C23H16F3NO. The van der Waals surface area contributed by atoms with E-state index in [2.05, 4.69) is 0 Å². The van der Waals surface area contributed by atoms with Crippen molar-refractivity contribution in [3.05, 3.63) is 107 Å². The summed E-state index contributed by atoms with van der Waals surface area (Å²) in [5, 5.41) is 0. The van der Waals surface area contributed by atoms with Gasteiger partial charge in [0.2, 0.25) is 5.91 Å². The molecule has 1 heterocycles. The van der Waals surface area contributed by atoms with Gasteiger partial charge in [-0.2, -0.15) is 13.2 Å². The molecule has 1 fully saturated rings. The van der Waals surface area contributed by atoms with Gasteiger partial charge in [-0.3, -0.25) is 9.69 Å². The Morgan fingerprint density at radius 3 is 1.93 bits per heavy atom. The molecule has 0 aliphatic carbocycles. The highest BCUT2D eigenvalue weighted by atomic mass is 19.4. The molecule has 2 nitrogen and oxygen atoms in total. The maximum atomic E-state index is 12.9. The molecule has 1 atom stereocenters. The van der Waals surface area contributed by atoms with Gasteiger partial charge in [0, 0.05) is 11.4 Å². The van der Waals surface area contributed by atoms with Crippen molar-refractivity contribution in [3.8, 4) is 0 Å². The van der Waals surface area contributed by atoms with E-state index < -0.39 is 17.7 Å². The highest BCUT2D eigenvalue weighted by Crippen LogP contribution is 2.44. The van der Waals surface area contributed by atoms with Gasteiger partial charge in [-0.25, -0.2) is 0 Å². The number of carbonyl (C=O) groups is 1. The quantitative estimate of drug-likeness (QED) is 0.521. The second-order valence-electron chi connectivity index (χ2n) is 6.54. The van der Waals surface area contributed by atoms with E-state index in [0.717, 1.165) is 29.0 Å². The van der Waals surface area contributed by atoms with E-state index in [1.165, 1.54) is 17.0 Å². The summed E-state index contributed by atoms with van der Waals surface area (Å²) in [6, 6.07) is 23.6. The van der Waals surface area contributed by atoms with Crippen LogP contribution < -0.4 is 4.90 Å². The van der Waals surface area contributed by atoms with Gasteiger partial charge in [0.1, 0.15) is 5.92 Å². The lowest BCUT2D eigenvalue weighted by Gasteiger charge is -2.42. The minimum Gasteiger partial charge on any atom is -0.283 e. The molecule has 0 saturated carbocycles. The zero-order chi connectivity index (χ0) is 19.7. The number of β-lactam (4-membered cyclic amide) rings is 1. The second-order valence-corrected chi connectivity index (χ2v) is 6.54. The van der Waals surface area contributed by atoms with Crippen LogP contribution >= 0.6 is 0 Å². The van der Waals surface area contributed by atoms with Crippen molar-refractivity contribution in [3.63, 3.8) is 0 Å². The number of hydrogen-bond acceptors (Lipinski definition) is 1. The van der Waals surface area contributed by atoms with Gasteiger partial charge in [-0.1, -0.05) is 60.7 Å². The number of benzene rings is 3. The van der Waals surface area contributed by atoms with Crippen LogP contribution in [0, 0.1) is 0 Å². The highest BCUT2D eigenvalue weighted by molar-refractivity contribution is 6.13. The Labute approximate surface area is 160 Å². The van der Waals surface area contributed by atoms with Crippen molar-refractivity contribution in [2.45, 2.75) is 12.1 Å². The molecule has 0 bridgehead atoms. The molecule has 4 rings (SSSR count). The Balaban J connectivity index is 1.74. The van der Waals surface area contributed by atoms with Crippen LogP contribution in [-0.2, 0) is 11.0 Å². The van der Waals surface area contributed by atoms with Gasteiger partial charge < -0.3 is 0 Å². The summed E-state index contributed by atoms with van der Waals surface area (Å²) in [6.07, 6.45) is -2.51. The van der Waals surface area contributed by atoms with Crippen molar-refractivity contribution in [2.24, 2.45) is 0 Å². The first-order valence-electron chi connectivity index (χ1n) is 8.78. The molecule has 5 heteroatoms. The van der Waals surface area contributed by atoms with Crippen molar-refractivity contribution in [2.75, 3.05) is 4.90 Å². The Morgan fingerprint density at radius 1 is 0.786 bits per heavy atom. The SMILES string of the molecule is O=C1C(c2ccccc2)/C(=C\c2ccccc2)N1c1ccc(C(F)(F)F)cc1. The van der Waals surface area contributed by atoms with E-state index >= 15 is 0 Å². The number of carbonyl (C=O) groups excluding carboxylic acids is 1. The van der Waals surface area contributed by atoms with Crippen molar-refractivity contribution in [1.29, 1.82) is 0 Å². The lowest BCUT2D eigenvalue weighted by atomic mass is 9.84. The first-order valence-corrected chi connectivity index (χ1v) is 8.78. The zero-order valence-corrected chi connectivity index (χ0v) is 14.7. The van der Waals surface area contributed by atoms with Crippen molar-refractivity contribution >= 4 is 17.7 Å². The van der Waals surface area contributed by atoms with Crippen molar-refractivity contribution in [1.82, 2.24) is 0 Å². The number of nitrogens with zero attached hydrogens (tertiary/aromatic N) is 1. The number of alkyl halides is 3.